The SMILES string of the molecule is Cc1nc(CN2CCCNC3(CCCC3)C2)sc1C. The second-order valence-electron chi connectivity index (χ2n) is 6.23. The van der Waals surface area contributed by atoms with E-state index in [0.29, 0.717) is 5.54 Å². The van der Waals surface area contributed by atoms with Crippen molar-refractivity contribution in [2.45, 2.75) is 58.0 Å². The highest BCUT2D eigenvalue weighted by Crippen LogP contribution is 2.32. The highest BCUT2D eigenvalue weighted by Gasteiger charge is 2.36. The summed E-state index contributed by atoms with van der Waals surface area (Å²) in [6.45, 7) is 8.96. The Labute approximate surface area is 120 Å². The maximum Gasteiger partial charge on any atom is 0.107 e. The van der Waals surface area contributed by atoms with Gasteiger partial charge >= 0.3 is 0 Å². The quantitative estimate of drug-likeness (QED) is 0.902. The second kappa shape index (κ2) is 5.51. The minimum atomic E-state index is 0.415. The van der Waals surface area contributed by atoms with Gasteiger partial charge in [-0.3, -0.25) is 4.90 Å². The zero-order valence-electron chi connectivity index (χ0n) is 12.2. The number of aryl methyl sites for hydroxylation is 2. The molecule has 1 aliphatic carbocycles. The van der Waals surface area contributed by atoms with Crippen molar-refractivity contribution in [1.82, 2.24) is 15.2 Å². The molecule has 4 heteroatoms. The molecule has 1 aromatic heterocycles. The Hall–Kier alpha value is -0.450. The van der Waals surface area contributed by atoms with Gasteiger partial charge in [0.2, 0.25) is 0 Å². The van der Waals surface area contributed by atoms with Crippen LogP contribution < -0.4 is 5.32 Å². The van der Waals surface area contributed by atoms with E-state index in [9.17, 15) is 0 Å². The van der Waals surface area contributed by atoms with E-state index in [1.807, 2.05) is 11.3 Å². The summed E-state index contributed by atoms with van der Waals surface area (Å²) in [4.78, 5) is 8.71. The fourth-order valence-corrected chi connectivity index (χ4v) is 4.52. The topological polar surface area (TPSA) is 28.2 Å². The molecule has 0 aromatic carbocycles. The van der Waals surface area contributed by atoms with Crippen LogP contribution in [0.5, 0.6) is 0 Å². The first kappa shape index (κ1) is 13.5. The highest BCUT2D eigenvalue weighted by atomic mass is 32.1. The number of hydrogen-bond acceptors (Lipinski definition) is 4. The third-order valence-electron chi connectivity index (χ3n) is 4.67. The van der Waals surface area contributed by atoms with Gasteiger partial charge in [0, 0.05) is 17.0 Å². The van der Waals surface area contributed by atoms with E-state index in [4.69, 9.17) is 4.98 Å². The van der Waals surface area contributed by atoms with Gasteiger partial charge in [0.1, 0.15) is 5.01 Å². The summed E-state index contributed by atoms with van der Waals surface area (Å²) < 4.78 is 0. The molecular weight excluding hydrogens is 254 g/mol. The van der Waals surface area contributed by atoms with E-state index >= 15 is 0 Å². The fourth-order valence-electron chi connectivity index (χ4n) is 3.54. The highest BCUT2D eigenvalue weighted by molar-refractivity contribution is 7.11. The zero-order valence-corrected chi connectivity index (χ0v) is 13.0. The van der Waals surface area contributed by atoms with Crippen LogP contribution in [0.25, 0.3) is 0 Å². The van der Waals surface area contributed by atoms with Crippen LogP contribution in [0.3, 0.4) is 0 Å². The van der Waals surface area contributed by atoms with Crippen molar-refractivity contribution in [1.29, 1.82) is 0 Å². The molecule has 1 saturated carbocycles. The molecule has 0 atom stereocenters. The van der Waals surface area contributed by atoms with Gasteiger partial charge in [-0.2, -0.15) is 0 Å². The summed E-state index contributed by atoms with van der Waals surface area (Å²) in [7, 11) is 0. The van der Waals surface area contributed by atoms with Crippen LogP contribution in [-0.2, 0) is 6.54 Å². The lowest BCUT2D eigenvalue weighted by molar-refractivity contribution is 0.203. The zero-order chi connectivity index (χ0) is 13.3. The average Bonchev–Trinajstić information content (AvgIpc) is 2.86. The van der Waals surface area contributed by atoms with E-state index in [1.165, 1.54) is 67.3 Å². The Bertz CT molecular complexity index is 415. The van der Waals surface area contributed by atoms with Crippen molar-refractivity contribution in [2.24, 2.45) is 0 Å². The lowest BCUT2D eigenvalue weighted by atomic mass is 9.97. The van der Waals surface area contributed by atoms with Crippen LogP contribution in [0.2, 0.25) is 0 Å². The summed E-state index contributed by atoms with van der Waals surface area (Å²) in [6.07, 6.45) is 6.79. The lowest BCUT2D eigenvalue weighted by Gasteiger charge is -2.33. The van der Waals surface area contributed by atoms with E-state index in [0.717, 1.165) is 6.54 Å². The maximum atomic E-state index is 4.71. The largest absolute Gasteiger partial charge is 0.310 e. The third-order valence-corrected chi connectivity index (χ3v) is 5.73. The number of thiazole rings is 1. The van der Waals surface area contributed by atoms with Crippen LogP contribution >= 0.6 is 11.3 Å². The van der Waals surface area contributed by atoms with Gasteiger partial charge in [-0.1, -0.05) is 12.8 Å². The Morgan fingerprint density at radius 1 is 1.26 bits per heavy atom. The second-order valence-corrected chi connectivity index (χ2v) is 7.52. The Morgan fingerprint density at radius 2 is 2.05 bits per heavy atom. The summed E-state index contributed by atoms with van der Waals surface area (Å²) >= 11 is 1.87. The number of rotatable bonds is 2. The molecule has 2 aliphatic rings. The predicted molar refractivity (Wildman–Crippen MR) is 80.7 cm³/mol. The fraction of sp³-hybridized carbons (Fsp3) is 0.800. The van der Waals surface area contributed by atoms with E-state index in [-0.39, 0.29) is 0 Å². The van der Waals surface area contributed by atoms with Crippen LogP contribution in [0, 0.1) is 13.8 Å². The van der Waals surface area contributed by atoms with Gasteiger partial charge < -0.3 is 5.32 Å². The molecule has 0 radical (unpaired) electrons. The third kappa shape index (κ3) is 3.01. The number of aromatic nitrogens is 1. The van der Waals surface area contributed by atoms with Gasteiger partial charge in [-0.15, -0.1) is 11.3 Å². The summed E-state index contributed by atoms with van der Waals surface area (Å²) in [5.41, 5.74) is 1.63. The van der Waals surface area contributed by atoms with Crippen LogP contribution in [-0.4, -0.2) is 35.1 Å². The standard InChI is InChI=1S/C15H25N3S/c1-12-13(2)19-14(17-12)10-18-9-5-8-16-15(11-18)6-3-4-7-15/h16H,3-11H2,1-2H3. The number of nitrogens with one attached hydrogen (secondary N) is 1. The monoisotopic (exact) mass is 279 g/mol. The summed E-state index contributed by atoms with van der Waals surface area (Å²) in [6, 6.07) is 0. The minimum Gasteiger partial charge on any atom is -0.310 e. The van der Waals surface area contributed by atoms with E-state index < -0.39 is 0 Å². The van der Waals surface area contributed by atoms with Gasteiger partial charge in [0.15, 0.2) is 0 Å². The van der Waals surface area contributed by atoms with Crippen LogP contribution in [0.4, 0.5) is 0 Å². The first-order valence-electron chi connectivity index (χ1n) is 7.57. The molecule has 3 rings (SSSR count). The van der Waals surface area contributed by atoms with Crippen molar-refractivity contribution in [3.63, 3.8) is 0 Å². The lowest BCUT2D eigenvalue weighted by Crippen LogP contribution is -2.49. The van der Waals surface area contributed by atoms with Gasteiger partial charge in [-0.05, 0) is 46.2 Å². The molecular formula is C15H25N3S. The molecule has 19 heavy (non-hydrogen) atoms. The van der Waals surface area contributed by atoms with Crippen LogP contribution in [0.15, 0.2) is 0 Å². The van der Waals surface area contributed by atoms with Crippen molar-refractivity contribution < 1.29 is 0 Å². The smallest absolute Gasteiger partial charge is 0.107 e. The molecule has 3 nitrogen and oxygen atoms in total. The molecule has 0 bridgehead atoms. The van der Waals surface area contributed by atoms with Crippen molar-refractivity contribution in [2.75, 3.05) is 19.6 Å². The van der Waals surface area contributed by atoms with Gasteiger partial charge in [0.05, 0.1) is 12.2 Å². The van der Waals surface area contributed by atoms with Gasteiger partial charge in [0.25, 0.3) is 0 Å². The average molecular weight is 279 g/mol. The van der Waals surface area contributed by atoms with E-state index in [1.54, 1.807) is 0 Å². The molecule has 2 fully saturated rings. The van der Waals surface area contributed by atoms with Gasteiger partial charge in [-0.25, -0.2) is 4.98 Å². The molecule has 1 saturated heterocycles. The van der Waals surface area contributed by atoms with Crippen molar-refractivity contribution >= 4 is 11.3 Å². The minimum absolute atomic E-state index is 0.415. The van der Waals surface area contributed by atoms with E-state index in [2.05, 4.69) is 24.1 Å². The maximum absolute atomic E-state index is 4.71. The Morgan fingerprint density at radius 3 is 2.74 bits per heavy atom. The predicted octanol–water partition coefficient (Wildman–Crippen LogP) is 2.87. The summed E-state index contributed by atoms with van der Waals surface area (Å²) in [5, 5.41) is 5.13. The summed E-state index contributed by atoms with van der Waals surface area (Å²) in [5.74, 6) is 0. The van der Waals surface area contributed by atoms with Crippen molar-refractivity contribution in [3.8, 4) is 0 Å². The molecule has 1 aromatic rings. The molecule has 106 valence electrons. The molecule has 1 aliphatic heterocycles. The molecule has 0 amide bonds. The first-order valence-corrected chi connectivity index (χ1v) is 8.39. The normalized spacial score (nSPS) is 23.9. The Balaban J connectivity index is 1.69. The molecule has 1 spiro atoms. The molecule has 2 heterocycles. The molecule has 0 unspecified atom stereocenters. The number of nitrogens with zero attached hydrogens (tertiary/aromatic N) is 2. The van der Waals surface area contributed by atoms with Crippen LogP contribution in [0.1, 0.15) is 47.7 Å². The molecule has 1 N–H and O–H groups in total. The first-order chi connectivity index (χ1) is 9.17. The van der Waals surface area contributed by atoms with Crippen molar-refractivity contribution in [3.05, 3.63) is 15.6 Å². The Kier molecular flexibility index (Phi) is 3.92. The number of hydrogen-bond donors (Lipinski definition) is 1.